The minimum Gasteiger partial charge on any atom is -0.396 e. The van der Waals surface area contributed by atoms with E-state index in [-0.39, 0.29) is 13.2 Å². The van der Waals surface area contributed by atoms with E-state index in [9.17, 15) is 10.2 Å². The molecule has 1 atom stereocenters. The van der Waals surface area contributed by atoms with Gasteiger partial charge in [-0.15, -0.1) is 0 Å². The molecule has 0 heterocycles. The van der Waals surface area contributed by atoms with Crippen molar-refractivity contribution in [1.82, 2.24) is 5.32 Å². The molecule has 0 aliphatic rings. The monoisotopic (exact) mass is 309 g/mol. The summed E-state index contributed by atoms with van der Waals surface area (Å²) in [7, 11) is 0. The van der Waals surface area contributed by atoms with E-state index in [1.165, 1.54) is 27.1 Å². The van der Waals surface area contributed by atoms with Crippen LogP contribution in [0.3, 0.4) is 0 Å². The van der Waals surface area contributed by atoms with Crippen molar-refractivity contribution in [2.75, 3.05) is 13.2 Å². The Morgan fingerprint density at radius 3 is 2.00 bits per heavy atom. The van der Waals surface area contributed by atoms with Crippen molar-refractivity contribution in [1.29, 1.82) is 0 Å². The zero-order valence-electron chi connectivity index (χ0n) is 13.4. The standard InChI is InChI=1S/C20H23NO2/c1-20(14-23,10-11-22)21-13-19-17-8-4-2-6-15(17)12-16-7-3-5-9-18(16)19/h2-9,12,21-23H,10-11,13-14H2,1H3. The van der Waals surface area contributed by atoms with Crippen molar-refractivity contribution in [3.8, 4) is 0 Å². The first-order valence-electron chi connectivity index (χ1n) is 8.03. The normalized spacial score (nSPS) is 14.2. The van der Waals surface area contributed by atoms with Crippen LogP contribution in [0.15, 0.2) is 54.6 Å². The Labute approximate surface area is 136 Å². The molecule has 0 spiro atoms. The fraction of sp³-hybridized carbons (Fsp3) is 0.300. The van der Waals surface area contributed by atoms with Crippen molar-refractivity contribution < 1.29 is 10.2 Å². The lowest BCUT2D eigenvalue weighted by molar-refractivity contribution is 0.137. The maximum atomic E-state index is 9.65. The van der Waals surface area contributed by atoms with E-state index in [1.807, 2.05) is 6.92 Å². The average molecular weight is 309 g/mol. The molecule has 0 aliphatic carbocycles. The molecule has 0 amide bonds. The van der Waals surface area contributed by atoms with Crippen LogP contribution in [-0.4, -0.2) is 29.0 Å². The first-order valence-corrected chi connectivity index (χ1v) is 8.03. The van der Waals surface area contributed by atoms with Crippen LogP contribution in [0.5, 0.6) is 0 Å². The molecular formula is C20H23NO2. The van der Waals surface area contributed by atoms with Gasteiger partial charge in [-0.25, -0.2) is 0 Å². The van der Waals surface area contributed by atoms with Gasteiger partial charge in [0, 0.05) is 18.7 Å². The summed E-state index contributed by atoms with van der Waals surface area (Å²) in [6.45, 7) is 2.64. The Bertz CT molecular complexity index is 761. The van der Waals surface area contributed by atoms with Gasteiger partial charge in [0.25, 0.3) is 0 Å². The van der Waals surface area contributed by atoms with Gasteiger partial charge in [0.05, 0.1) is 6.61 Å². The minimum atomic E-state index is -0.479. The number of fused-ring (bicyclic) bond motifs is 2. The number of nitrogens with one attached hydrogen (secondary N) is 1. The third kappa shape index (κ3) is 3.22. The zero-order valence-corrected chi connectivity index (χ0v) is 13.4. The molecule has 3 aromatic carbocycles. The van der Waals surface area contributed by atoms with Gasteiger partial charge in [0.1, 0.15) is 0 Å². The molecule has 23 heavy (non-hydrogen) atoms. The zero-order chi connectivity index (χ0) is 16.3. The lowest BCUT2D eigenvalue weighted by Gasteiger charge is -2.28. The topological polar surface area (TPSA) is 52.5 Å². The fourth-order valence-corrected chi connectivity index (χ4v) is 3.07. The molecule has 0 bridgehead atoms. The van der Waals surface area contributed by atoms with Crippen molar-refractivity contribution >= 4 is 21.5 Å². The fourth-order valence-electron chi connectivity index (χ4n) is 3.07. The number of aliphatic hydroxyl groups excluding tert-OH is 2. The molecule has 3 rings (SSSR count). The van der Waals surface area contributed by atoms with Crippen LogP contribution in [-0.2, 0) is 6.54 Å². The quantitative estimate of drug-likeness (QED) is 0.613. The highest BCUT2D eigenvalue weighted by molar-refractivity contribution is 6.02. The Morgan fingerprint density at radius 2 is 1.48 bits per heavy atom. The molecule has 0 fully saturated rings. The van der Waals surface area contributed by atoms with E-state index in [4.69, 9.17) is 0 Å². The van der Waals surface area contributed by atoms with E-state index >= 15 is 0 Å². The summed E-state index contributed by atoms with van der Waals surface area (Å²) in [6.07, 6.45) is 0.520. The van der Waals surface area contributed by atoms with E-state index in [0.29, 0.717) is 13.0 Å². The Hall–Kier alpha value is -1.94. The SMILES string of the molecule is CC(CO)(CCO)NCc1c2ccccc2cc2ccccc12. The molecule has 0 aliphatic heterocycles. The van der Waals surface area contributed by atoms with Gasteiger partial charge in [-0.1, -0.05) is 48.5 Å². The maximum absolute atomic E-state index is 9.65. The van der Waals surface area contributed by atoms with E-state index in [0.717, 1.165) is 0 Å². The second-order valence-corrected chi connectivity index (χ2v) is 6.34. The van der Waals surface area contributed by atoms with Crippen LogP contribution in [0.25, 0.3) is 21.5 Å². The van der Waals surface area contributed by atoms with Crippen molar-refractivity contribution in [3.05, 3.63) is 60.2 Å². The third-order valence-corrected chi connectivity index (χ3v) is 4.59. The summed E-state index contributed by atoms with van der Waals surface area (Å²) < 4.78 is 0. The van der Waals surface area contributed by atoms with Crippen LogP contribution >= 0.6 is 0 Å². The number of rotatable bonds is 6. The molecular weight excluding hydrogens is 286 g/mol. The number of benzene rings is 3. The van der Waals surface area contributed by atoms with E-state index < -0.39 is 5.54 Å². The van der Waals surface area contributed by atoms with Gasteiger partial charge < -0.3 is 15.5 Å². The summed E-state index contributed by atoms with van der Waals surface area (Å²) >= 11 is 0. The summed E-state index contributed by atoms with van der Waals surface area (Å²) in [5.74, 6) is 0. The predicted octanol–water partition coefficient (Wildman–Crippen LogP) is 3.22. The lowest BCUT2D eigenvalue weighted by Crippen LogP contribution is -2.46. The van der Waals surface area contributed by atoms with E-state index in [2.05, 4.69) is 59.9 Å². The molecule has 1 unspecified atom stereocenters. The molecule has 0 radical (unpaired) electrons. The molecule has 3 heteroatoms. The highest BCUT2D eigenvalue weighted by Crippen LogP contribution is 2.28. The molecule has 0 saturated heterocycles. The number of hydrogen-bond donors (Lipinski definition) is 3. The predicted molar refractivity (Wildman–Crippen MR) is 95.5 cm³/mol. The van der Waals surface area contributed by atoms with Crippen LogP contribution in [0, 0.1) is 0 Å². The highest BCUT2D eigenvalue weighted by atomic mass is 16.3. The lowest BCUT2D eigenvalue weighted by atomic mass is 9.94. The van der Waals surface area contributed by atoms with Gasteiger partial charge in [0.2, 0.25) is 0 Å². The van der Waals surface area contributed by atoms with Crippen molar-refractivity contribution in [2.24, 2.45) is 0 Å². The van der Waals surface area contributed by atoms with Gasteiger partial charge in [-0.2, -0.15) is 0 Å². The smallest absolute Gasteiger partial charge is 0.0611 e. The van der Waals surface area contributed by atoms with Gasteiger partial charge >= 0.3 is 0 Å². The largest absolute Gasteiger partial charge is 0.396 e. The van der Waals surface area contributed by atoms with Gasteiger partial charge in [-0.05, 0) is 46.5 Å². The maximum Gasteiger partial charge on any atom is 0.0611 e. The number of hydrogen-bond acceptors (Lipinski definition) is 3. The molecule has 120 valence electrons. The molecule has 3 aromatic rings. The number of aliphatic hydroxyl groups is 2. The van der Waals surface area contributed by atoms with Gasteiger partial charge in [-0.3, -0.25) is 0 Å². The first kappa shape index (κ1) is 15.9. The minimum absolute atomic E-state index is 0.00371. The average Bonchev–Trinajstić information content (AvgIpc) is 2.59. The highest BCUT2D eigenvalue weighted by Gasteiger charge is 2.22. The second-order valence-electron chi connectivity index (χ2n) is 6.34. The van der Waals surface area contributed by atoms with Crippen LogP contribution in [0.4, 0.5) is 0 Å². The van der Waals surface area contributed by atoms with Crippen molar-refractivity contribution in [3.63, 3.8) is 0 Å². The summed E-state index contributed by atoms with van der Waals surface area (Å²) in [4.78, 5) is 0. The van der Waals surface area contributed by atoms with Crippen molar-refractivity contribution in [2.45, 2.75) is 25.4 Å². The first-order chi connectivity index (χ1) is 11.2. The molecule has 0 aromatic heterocycles. The van der Waals surface area contributed by atoms with Crippen LogP contribution in [0.2, 0.25) is 0 Å². The summed E-state index contributed by atoms with van der Waals surface area (Å²) in [5, 5.41) is 27.2. The van der Waals surface area contributed by atoms with E-state index in [1.54, 1.807) is 0 Å². The summed E-state index contributed by atoms with van der Waals surface area (Å²) in [6, 6.07) is 19.0. The molecule has 3 nitrogen and oxygen atoms in total. The third-order valence-electron chi connectivity index (χ3n) is 4.59. The molecule has 0 saturated carbocycles. The van der Waals surface area contributed by atoms with Gasteiger partial charge in [0.15, 0.2) is 0 Å². The summed E-state index contributed by atoms with van der Waals surface area (Å²) in [5.41, 5.74) is 0.753. The van der Waals surface area contributed by atoms with Crippen LogP contribution < -0.4 is 5.32 Å². The Kier molecular flexibility index (Phi) is 4.62. The van der Waals surface area contributed by atoms with Crippen LogP contribution in [0.1, 0.15) is 18.9 Å². The molecule has 3 N–H and O–H groups in total. The Balaban J connectivity index is 2.06. The second kappa shape index (κ2) is 6.67. The Morgan fingerprint density at radius 1 is 0.913 bits per heavy atom.